The molecule has 3 aromatic rings. The average molecular weight is 531 g/mol. The fraction of sp³-hybridized carbons (Fsp3) is 0.174. The minimum Gasteiger partial charge on any atom is -0.493 e. The summed E-state index contributed by atoms with van der Waals surface area (Å²) in [7, 11) is 2.96. The summed E-state index contributed by atoms with van der Waals surface area (Å²) in [6.45, 7) is -0.343. The normalized spacial score (nSPS) is 14.5. The number of thiocarbonyl (C=S) groups is 1. The molecule has 10 nitrogen and oxygen atoms in total. The Balaban J connectivity index is 1.51. The van der Waals surface area contributed by atoms with Crippen molar-refractivity contribution in [1.82, 2.24) is 25.0 Å². The molecular weight excluding hydrogens is 511 g/mol. The molecule has 36 heavy (non-hydrogen) atoms. The molecule has 0 bridgehead atoms. The number of likely N-dealkylation sites (N-methyl/N-ethyl adjacent to an activating group) is 1. The number of nitrogens with zero attached hydrogens (tertiary/aromatic N) is 4. The maximum atomic E-state index is 14.9. The van der Waals surface area contributed by atoms with Crippen molar-refractivity contribution in [2.75, 3.05) is 26.0 Å². The quantitative estimate of drug-likeness (QED) is 0.337. The second-order valence-corrected chi connectivity index (χ2v) is 8.37. The van der Waals surface area contributed by atoms with Crippen LogP contribution in [-0.2, 0) is 16.2 Å². The Bertz CT molecular complexity index is 1330. The van der Waals surface area contributed by atoms with Crippen LogP contribution in [0.2, 0.25) is 5.02 Å². The average Bonchev–Trinajstić information content (AvgIpc) is 3.44. The minimum atomic E-state index is -0.699. The third-order valence-corrected chi connectivity index (χ3v) is 5.89. The van der Waals surface area contributed by atoms with E-state index >= 15 is 0 Å². The van der Waals surface area contributed by atoms with Crippen molar-refractivity contribution in [2.45, 2.75) is 6.61 Å². The third kappa shape index (κ3) is 5.44. The number of hydrogen-bond acceptors (Lipinski definition) is 7. The van der Waals surface area contributed by atoms with E-state index in [1.165, 1.54) is 36.5 Å². The van der Waals surface area contributed by atoms with Crippen molar-refractivity contribution >= 4 is 52.5 Å². The van der Waals surface area contributed by atoms with Crippen LogP contribution in [0.5, 0.6) is 11.5 Å². The molecule has 1 saturated heterocycles. The van der Waals surface area contributed by atoms with Crippen LogP contribution in [0, 0.1) is 5.82 Å². The van der Waals surface area contributed by atoms with Crippen molar-refractivity contribution in [3.63, 3.8) is 0 Å². The first-order valence-corrected chi connectivity index (χ1v) is 11.3. The first-order chi connectivity index (χ1) is 17.3. The van der Waals surface area contributed by atoms with Gasteiger partial charge in [0.2, 0.25) is 5.91 Å². The number of carbonyl (C=O) groups excluding carboxylic acids is 2. The lowest BCUT2D eigenvalue weighted by molar-refractivity contribution is -0.126. The van der Waals surface area contributed by atoms with E-state index in [-0.39, 0.29) is 35.5 Å². The standard InChI is InChI=1S/C23H20ClFN6O4S/c1-30-17(22(33)31(23(30)36)10-20(32)28-15-5-3-14(24)4-6-15)8-13-7-16(25)21(18(9-13)34-2)35-11-19-26-12-27-29-19/h3-9,12H,10-11H2,1-2H3,(H,28,32)(H,26,27,29)/b17-8+. The van der Waals surface area contributed by atoms with E-state index in [4.69, 9.17) is 33.3 Å². The van der Waals surface area contributed by atoms with Crippen LogP contribution in [0.3, 0.4) is 0 Å². The molecule has 0 unspecified atom stereocenters. The van der Waals surface area contributed by atoms with Gasteiger partial charge in [-0.2, -0.15) is 5.10 Å². The van der Waals surface area contributed by atoms with Crippen LogP contribution in [0.15, 0.2) is 48.4 Å². The topological polar surface area (TPSA) is 113 Å². The minimum absolute atomic E-state index is 0.0454. The van der Waals surface area contributed by atoms with E-state index < -0.39 is 17.6 Å². The van der Waals surface area contributed by atoms with Gasteiger partial charge in [-0.15, -0.1) is 0 Å². The molecule has 1 fully saturated rings. The van der Waals surface area contributed by atoms with E-state index in [0.29, 0.717) is 22.1 Å². The zero-order chi connectivity index (χ0) is 25.8. The van der Waals surface area contributed by atoms with E-state index in [1.54, 1.807) is 31.3 Å². The van der Waals surface area contributed by atoms with E-state index in [9.17, 15) is 14.0 Å². The lowest BCUT2D eigenvalue weighted by Crippen LogP contribution is -2.38. The van der Waals surface area contributed by atoms with Gasteiger partial charge in [-0.3, -0.25) is 19.6 Å². The SMILES string of the molecule is COc1cc(/C=C2\C(=O)N(CC(=O)Nc3ccc(Cl)cc3)C(=S)N2C)cc(F)c1OCc1ncn[nH]1. The summed E-state index contributed by atoms with van der Waals surface area (Å²) in [5, 5.41) is 9.68. The molecule has 2 aromatic carbocycles. The highest BCUT2D eigenvalue weighted by atomic mass is 35.5. The molecular formula is C23H20ClFN6O4S. The van der Waals surface area contributed by atoms with E-state index in [1.807, 2.05) is 0 Å². The Morgan fingerprint density at radius 2 is 2.06 bits per heavy atom. The largest absolute Gasteiger partial charge is 0.493 e. The summed E-state index contributed by atoms with van der Waals surface area (Å²) in [5.74, 6) is -1.22. The zero-order valence-electron chi connectivity index (χ0n) is 19.1. The van der Waals surface area contributed by atoms with Crippen molar-refractivity contribution in [1.29, 1.82) is 0 Å². The summed E-state index contributed by atoms with van der Waals surface area (Å²) in [6.07, 6.45) is 2.77. The highest BCUT2D eigenvalue weighted by Gasteiger charge is 2.37. The smallest absolute Gasteiger partial charge is 0.277 e. The maximum Gasteiger partial charge on any atom is 0.277 e. The summed E-state index contributed by atoms with van der Waals surface area (Å²) < 4.78 is 25.6. The van der Waals surface area contributed by atoms with Crippen LogP contribution in [-0.4, -0.2) is 62.6 Å². The molecule has 1 aliphatic rings. The fourth-order valence-electron chi connectivity index (χ4n) is 3.39. The number of benzene rings is 2. The number of methoxy groups -OCH3 is 1. The Hall–Kier alpha value is -4.03. The molecule has 1 aromatic heterocycles. The van der Waals surface area contributed by atoms with Gasteiger partial charge in [0.1, 0.15) is 25.2 Å². The van der Waals surface area contributed by atoms with Crippen molar-refractivity contribution in [2.24, 2.45) is 0 Å². The van der Waals surface area contributed by atoms with Crippen LogP contribution in [0.4, 0.5) is 10.1 Å². The molecule has 2 N–H and O–H groups in total. The second-order valence-electron chi connectivity index (χ2n) is 7.57. The Morgan fingerprint density at radius 1 is 1.31 bits per heavy atom. The number of anilines is 1. The lowest BCUT2D eigenvalue weighted by atomic mass is 10.1. The van der Waals surface area contributed by atoms with Gasteiger partial charge in [-0.25, -0.2) is 9.37 Å². The summed E-state index contributed by atoms with van der Waals surface area (Å²) >= 11 is 11.2. The number of carbonyl (C=O) groups is 2. The predicted molar refractivity (Wildman–Crippen MR) is 134 cm³/mol. The molecule has 0 radical (unpaired) electrons. The first-order valence-electron chi connectivity index (χ1n) is 10.5. The van der Waals surface area contributed by atoms with Gasteiger partial charge in [0.05, 0.1) is 7.11 Å². The Morgan fingerprint density at radius 3 is 2.72 bits per heavy atom. The molecule has 186 valence electrons. The zero-order valence-corrected chi connectivity index (χ0v) is 20.7. The Kier molecular flexibility index (Phi) is 7.46. The van der Waals surface area contributed by atoms with Crippen LogP contribution in [0.25, 0.3) is 6.08 Å². The Labute approximate surface area is 215 Å². The second kappa shape index (κ2) is 10.7. The fourth-order valence-corrected chi connectivity index (χ4v) is 3.76. The number of H-pyrrole nitrogens is 1. The van der Waals surface area contributed by atoms with Crippen LogP contribution < -0.4 is 14.8 Å². The van der Waals surface area contributed by atoms with E-state index in [2.05, 4.69) is 20.5 Å². The highest BCUT2D eigenvalue weighted by molar-refractivity contribution is 7.80. The third-order valence-electron chi connectivity index (χ3n) is 5.15. The number of amides is 2. The van der Waals surface area contributed by atoms with E-state index in [0.717, 1.165) is 4.90 Å². The molecule has 0 spiro atoms. The first kappa shape index (κ1) is 25.1. The van der Waals surface area contributed by atoms with Gasteiger partial charge < -0.3 is 19.7 Å². The number of rotatable bonds is 8. The summed E-state index contributed by atoms with van der Waals surface area (Å²) in [5.41, 5.74) is 1.03. The highest BCUT2D eigenvalue weighted by Crippen LogP contribution is 2.34. The number of hydrogen-bond donors (Lipinski definition) is 2. The lowest BCUT2D eigenvalue weighted by Gasteiger charge is -2.16. The monoisotopic (exact) mass is 530 g/mol. The molecule has 0 saturated carbocycles. The number of ether oxygens (including phenoxy) is 2. The molecule has 1 aliphatic heterocycles. The number of halogens is 2. The molecule has 2 amide bonds. The number of nitrogens with one attached hydrogen (secondary N) is 2. The molecule has 0 atom stereocenters. The van der Waals surface area contributed by atoms with Gasteiger partial charge in [0.15, 0.2) is 28.3 Å². The molecule has 4 rings (SSSR count). The molecule has 13 heteroatoms. The van der Waals surface area contributed by atoms with Gasteiger partial charge in [0, 0.05) is 17.8 Å². The van der Waals surface area contributed by atoms with Gasteiger partial charge in [0.25, 0.3) is 5.91 Å². The summed E-state index contributed by atoms with van der Waals surface area (Å²) in [4.78, 5) is 32.1. The van der Waals surface area contributed by atoms with Crippen molar-refractivity contribution < 1.29 is 23.5 Å². The molecule has 2 heterocycles. The van der Waals surface area contributed by atoms with Gasteiger partial charge in [-0.05, 0) is 60.3 Å². The van der Waals surface area contributed by atoms with Crippen molar-refractivity contribution in [3.8, 4) is 11.5 Å². The number of aromatic nitrogens is 3. The summed E-state index contributed by atoms with van der Waals surface area (Å²) in [6, 6.07) is 9.27. The molecule has 0 aliphatic carbocycles. The number of aromatic amines is 1. The van der Waals surface area contributed by atoms with Crippen LogP contribution in [0.1, 0.15) is 11.4 Å². The van der Waals surface area contributed by atoms with Crippen molar-refractivity contribution in [3.05, 3.63) is 70.7 Å². The van der Waals surface area contributed by atoms with Crippen LogP contribution >= 0.6 is 23.8 Å². The predicted octanol–water partition coefficient (Wildman–Crippen LogP) is 3.22. The van der Waals surface area contributed by atoms with Gasteiger partial charge >= 0.3 is 0 Å². The van der Waals surface area contributed by atoms with Gasteiger partial charge in [-0.1, -0.05) is 11.6 Å². The maximum absolute atomic E-state index is 14.9.